The Hall–Kier alpha value is -1.68. The summed E-state index contributed by atoms with van der Waals surface area (Å²) in [4.78, 5) is 17.8. The third-order valence-electron chi connectivity index (χ3n) is 5.18. The molecule has 0 radical (unpaired) electrons. The van der Waals surface area contributed by atoms with E-state index in [9.17, 15) is 13.2 Å². The minimum Gasteiger partial charge on any atom is -0.495 e. The highest BCUT2D eigenvalue weighted by atomic mass is 32.2. The number of benzene rings is 1. The molecule has 2 atom stereocenters. The lowest BCUT2D eigenvalue weighted by Gasteiger charge is -2.32. The zero-order valence-electron chi connectivity index (χ0n) is 16.3. The molecule has 0 bridgehead atoms. The first-order valence-corrected chi connectivity index (χ1v) is 11.1. The molecule has 1 amide bonds. The van der Waals surface area contributed by atoms with E-state index in [0.717, 1.165) is 32.1 Å². The second-order valence-corrected chi connectivity index (χ2v) is 9.03. The van der Waals surface area contributed by atoms with Gasteiger partial charge in [-0.2, -0.15) is 4.31 Å². The first-order valence-electron chi connectivity index (χ1n) is 9.71. The molecule has 0 aliphatic carbocycles. The molecule has 0 saturated carbocycles. The van der Waals surface area contributed by atoms with Crippen molar-refractivity contribution in [3.05, 3.63) is 23.8 Å². The molecule has 3 rings (SSSR count). The van der Waals surface area contributed by atoms with Crippen LogP contribution in [0.4, 0.5) is 0 Å². The third-order valence-corrected chi connectivity index (χ3v) is 7.21. The van der Waals surface area contributed by atoms with Crippen LogP contribution in [0.5, 0.6) is 5.75 Å². The molecule has 2 aliphatic heterocycles. The van der Waals surface area contributed by atoms with Gasteiger partial charge in [-0.15, -0.1) is 0 Å². The number of hydroxylamine groups is 1. The number of carbonyl (C=O) groups is 1. The molecular weight excluding hydrogens is 384 g/mol. The van der Waals surface area contributed by atoms with E-state index in [4.69, 9.17) is 14.3 Å². The Labute approximate surface area is 166 Å². The van der Waals surface area contributed by atoms with Crippen LogP contribution in [0.1, 0.15) is 55.8 Å². The average molecular weight is 413 g/mol. The number of amides is 1. The van der Waals surface area contributed by atoms with Crippen LogP contribution in [0.25, 0.3) is 0 Å². The van der Waals surface area contributed by atoms with Crippen molar-refractivity contribution in [1.29, 1.82) is 0 Å². The van der Waals surface area contributed by atoms with Crippen molar-refractivity contribution in [2.75, 3.05) is 20.3 Å². The van der Waals surface area contributed by atoms with Crippen LogP contribution in [0.15, 0.2) is 23.1 Å². The standard InChI is InChI=1S/C19H28N2O6S/c1-14-7-3-5-11-21(14)28(23,24)17-13-15(9-10-16(17)25-2)19(22)20-27-18-8-4-6-12-26-18/h9-10,13-14,18H,3-8,11-12H2,1-2H3,(H,20,22). The van der Waals surface area contributed by atoms with Crippen molar-refractivity contribution >= 4 is 15.9 Å². The maximum absolute atomic E-state index is 13.2. The van der Waals surface area contributed by atoms with E-state index in [-0.39, 0.29) is 22.3 Å². The quantitative estimate of drug-likeness (QED) is 0.722. The Morgan fingerprint density at radius 1 is 1.21 bits per heavy atom. The van der Waals surface area contributed by atoms with Crippen LogP contribution < -0.4 is 10.2 Å². The smallest absolute Gasteiger partial charge is 0.274 e. The van der Waals surface area contributed by atoms with Crippen LogP contribution in [-0.4, -0.2) is 51.2 Å². The first-order chi connectivity index (χ1) is 13.4. The van der Waals surface area contributed by atoms with Crippen molar-refractivity contribution in [3.63, 3.8) is 0 Å². The van der Waals surface area contributed by atoms with Gasteiger partial charge in [-0.25, -0.2) is 18.7 Å². The lowest BCUT2D eigenvalue weighted by Crippen LogP contribution is -2.42. The summed E-state index contributed by atoms with van der Waals surface area (Å²) in [5.41, 5.74) is 2.54. The highest BCUT2D eigenvalue weighted by molar-refractivity contribution is 7.89. The number of rotatable bonds is 6. The van der Waals surface area contributed by atoms with Gasteiger partial charge in [-0.1, -0.05) is 6.42 Å². The fourth-order valence-electron chi connectivity index (χ4n) is 3.56. The molecule has 156 valence electrons. The van der Waals surface area contributed by atoms with Gasteiger partial charge in [-0.05, 0) is 50.8 Å². The first kappa shape index (κ1) is 21.0. The third kappa shape index (κ3) is 4.65. The Kier molecular flexibility index (Phi) is 6.92. The molecule has 1 aromatic carbocycles. The Morgan fingerprint density at radius 2 is 2.00 bits per heavy atom. The molecule has 2 saturated heterocycles. The Bertz CT molecular complexity index is 792. The highest BCUT2D eigenvalue weighted by Gasteiger charge is 2.33. The molecule has 0 spiro atoms. The van der Waals surface area contributed by atoms with E-state index in [2.05, 4.69) is 5.48 Å². The number of sulfonamides is 1. The van der Waals surface area contributed by atoms with E-state index >= 15 is 0 Å². The lowest BCUT2D eigenvalue weighted by molar-refractivity contribution is -0.186. The van der Waals surface area contributed by atoms with Crippen molar-refractivity contribution in [2.45, 2.75) is 62.7 Å². The van der Waals surface area contributed by atoms with Crippen molar-refractivity contribution in [1.82, 2.24) is 9.79 Å². The molecule has 1 N–H and O–H groups in total. The SMILES string of the molecule is COc1ccc(C(=O)NOC2CCCCO2)cc1S(=O)(=O)N1CCCCC1C. The van der Waals surface area contributed by atoms with Crippen LogP contribution in [0, 0.1) is 0 Å². The maximum atomic E-state index is 13.2. The molecular formula is C19H28N2O6S. The number of nitrogens with zero attached hydrogens (tertiary/aromatic N) is 1. The molecule has 2 unspecified atom stereocenters. The molecule has 1 aromatic rings. The predicted octanol–water partition coefficient (Wildman–Crippen LogP) is 2.45. The topological polar surface area (TPSA) is 94.2 Å². The number of nitrogens with one attached hydrogen (secondary N) is 1. The predicted molar refractivity (Wildman–Crippen MR) is 102 cm³/mol. The number of hydrogen-bond acceptors (Lipinski definition) is 6. The van der Waals surface area contributed by atoms with E-state index in [1.807, 2.05) is 6.92 Å². The van der Waals surface area contributed by atoms with E-state index in [0.29, 0.717) is 19.6 Å². The summed E-state index contributed by atoms with van der Waals surface area (Å²) < 4.78 is 38.6. The molecule has 0 aromatic heterocycles. The number of carbonyl (C=O) groups excluding carboxylic acids is 1. The van der Waals surface area contributed by atoms with Crippen molar-refractivity contribution in [2.24, 2.45) is 0 Å². The number of hydrogen-bond donors (Lipinski definition) is 1. The Balaban J connectivity index is 1.80. The molecule has 2 aliphatic rings. The van der Waals surface area contributed by atoms with Crippen LogP contribution in [-0.2, 0) is 19.6 Å². The normalized spacial score (nSPS) is 23.9. The minimum atomic E-state index is -3.78. The van der Waals surface area contributed by atoms with E-state index < -0.39 is 22.2 Å². The van der Waals surface area contributed by atoms with Gasteiger partial charge >= 0.3 is 0 Å². The summed E-state index contributed by atoms with van der Waals surface area (Å²) in [6.45, 7) is 2.96. The van der Waals surface area contributed by atoms with Crippen LogP contribution >= 0.6 is 0 Å². The zero-order chi connectivity index (χ0) is 20.1. The highest BCUT2D eigenvalue weighted by Crippen LogP contribution is 2.31. The van der Waals surface area contributed by atoms with E-state index in [1.54, 1.807) is 0 Å². The van der Waals surface area contributed by atoms with E-state index in [1.165, 1.54) is 29.6 Å². The second-order valence-electron chi connectivity index (χ2n) is 7.17. The summed E-state index contributed by atoms with van der Waals surface area (Å²) in [5, 5.41) is 0. The van der Waals surface area contributed by atoms with Gasteiger partial charge in [0, 0.05) is 31.2 Å². The zero-order valence-corrected chi connectivity index (χ0v) is 17.2. The molecule has 2 fully saturated rings. The molecule has 2 heterocycles. The Morgan fingerprint density at radius 3 is 2.68 bits per heavy atom. The van der Waals surface area contributed by atoms with Gasteiger partial charge < -0.3 is 9.47 Å². The van der Waals surface area contributed by atoms with Gasteiger partial charge in [0.2, 0.25) is 10.0 Å². The fraction of sp³-hybridized carbons (Fsp3) is 0.632. The van der Waals surface area contributed by atoms with Gasteiger partial charge in [0.15, 0.2) is 6.29 Å². The molecule has 28 heavy (non-hydrogen) atoms. The average Bonchev–Trinajstić information content (AvgIpc) is 2.72. The molecule has 9 heteroatoms. The summed E-state index contributed by atoms with van der Waals surface area (Å²) >= 11 is 0. The summed E-state index contributed by atoms with van der Waals surface area (Å²) in [6.07, 6.45) is 4.82. The van der Waals surface area contributed by atoms with Gasteiger partial charge in [0.1, 0.15) is 10.6 Å². The lowest BCUT2D eigenvalue weighted by atomic mass is 10.1. The van der Waals surface area contributed by atoms with Crippen LogP contribution in [0.2, 0.25) is 0 Å². The summed E-state index contributed by atoms with van der Waals surface area (Å²) in [6, 6.07) is 4.26. The number of piperidine rings is 1. The summed E-state index contributed by atoms with van der Waals surface area (Å²) in [7, 11) is -2.37. The van der Waals surface area contributed by atoms with Gasteiger partial charge in [0.25, 0.3) is 5.91 Å². The van der Waals surface area contributed by atoms with Crippen LogP contribution in [0.3, 0.4) is 0 Å². The largest absolute Gasteiger partial charge is 0.495 e. The number of methoxy groups -OCH3 is 1. The number of ether oxygens (including phenoxy) is 2. The molecule has 8 nitrogen and oxygen atoms in total. The van der Waals surface area contributed by atoms with Gasteiger partial charge in [0.05, 0.1) is 7.11 Å². The fourth-order valence-corrected chi connectivity index (χ4v) is 5.44. The van der Waals surface area contributed by atoms with Crippen molar-refractivity contribution in [3.8, 4) is 5.75 Å². The second kappa shape index (κ2) is 9.21. The maximum Gasteiger partial charge on any atom is 0.274 e. The van der Waals surface area contributed by atoms with Gasteiger partial charge in [-0.3, -0.25) is 4.79 Å². The summed E-state index contributed by atoms with van der Waals surface area (Å²) in [5.74, 6) is -0.314. The monoisotopic (exact) mass is 412 g/mol. The van der Waals surface area contributed by atoms with Crippen molar-refractivity contribution < 1.29 is 27.5 Å². The minimum absolute atomic E-state index is 0.00897.